The molecule has 0 bridgehead atoms. The molecular formula is C22H25ClN4O5. The quantitative estimate of drug-likeness (QED) is 0.433. The van der Waals surface area contributed by atoms with Gasteiger partial charge in [0.25, 0.3) is 0 Å². The van der Waals surface area contributed by atoms with E-state index in [1.807, 2.05) is 26.8 Å². The van der Waals surface area contributed by atoms with Crippen molar-refractivity contribution in [3.63, 3.8) is 0 Å². The molecule has 1 aromatic carbocycles. The minimum absolute atomic E-state index is 0.248. The number of benzene rings is 1. The van der Waals surface area contributed by atoms with Crippen molar-refractivity contribution in [3.05, 3.63) is 40.6 Å². The topological polar surface area (TPSA) is 137 Å². The molecule has 0 saturated carbocycles. The lowest BCUT2D eigenvalue weighted by molar-refractivity contribution is 0.0529. The number of aromatic nitrogens is 1. The summed E-state index contributed by atoms with van der Waals surface area (Å²) in [6.45, 7) is 6.15. The molecule has 32 heavy (non-hydrogen) atoms. The molecule has 9 nitrogen and oxygen atoms in total. The summed E-state index contributed by atoms with van der Waals surface area (Å²) >= 11 is 5.95. The first kappa shape index (κ1) is 26.3. The van der Waals surface area contributed by atoms with Gasteiger partial charge in [0.2, 0.25) is 0 Å². The number of nitrogens with zero attached hydrogens (tertiary/aromatic N) is 2. The van der Waals surface area contributed by atoms with Gasteiger partial charge in [0, 0.05) is 37.6 Å². The molecule has 0 fully saturated rings. The Balaban J connectivity index is 0.000000368. The number of ether oxygens (including phenoxy) is 1. The Morgan fingerprint density at radius 3 is 2.56 bits per heavy atom. The molecule has 1 aromatic heterocycles. The van der Waals surface area contributed by atoms with E-state index in [0.717, 1.165) is 5.56 Å². The summed E-state index contributed by atoms with van der Waals surface area (Å²) in [5.41, 5.74) is 1.27. The van der Waals surface area contributed by atoms with Gasteiger partial charge in [-0.2, -0.15) is 5.26 Å². The van der Waals surface area contributed by atoms with Crippen molar-refractivity contribution < 1.29 is 24.0 Å². The highest BCUT2D eigenvalue weighted by Gasteiger charge is 2.15. The van der Waals surface area contributed by atoms with E-state index in [0.29, 0.717) is 41.4 Å². The van der Waals surface area contributed by atoms with E-state index in [-0.39, 0.29) is 6.54 Å². The van der Waals surface area contributed by atoms with Crippen molar-refractivity contribution >= 4 is 23.8 Å². The van der Waals surface area contributed by atoms with E-state index in [2.05, 4.69) is 21.7 Å². The third-order valence-electron chi connectivity index (χ3n) is 3.53. The summed E-state index contributed by atoms with van der Waals surface area (Å²) < 4.78 is 10.1. The molecular weight excluding hydrogens is 436 g/mol. The van der Waals surface area contributed by atoms with Crippen LogP contribution in [0.25, 0.3) is 11.3 Å². The zero-order chi connectivity index (χ0) is 24.1. The number of carbonyl (C=O) groups excluding carboxylic acids is 1. The summed E-state index contributed by atoms with van der Waals surface area (Å²) in [6, 6.07) is 8.66. The van der Waals surface area contributed by atoms with Gasteiger partial charge in [0.15, 0.2) is 0 Å². The van der Waals surface area contributed by atoms with Gasteiger partial charge < -0.3 is 25.0 Å². The van der Waals surface area contributed by atoms with Gasteiger partial charge in [0.05, 0.1) is 10.6 Å². The molecule has 3 N–H and O–H groups in total. The van der Waals surface area contributed by atoms with Crippen molar-refractivity contribution in [2.45, 2.75) is 39.2 Å². The van der Waals surface area contributed by atoms with E-state index < -0.39 is 17.8 Å². The molecule has 0 aliphatic carbocycles. The Morgan fingerprint density at radius 1 is 1.28 bits per heavy atom. The SMILES string of the molecule is C#CCCNC(=O)OC(C)(C)C.N#Cc1ccc(-c2cc(CCNC(=O)O)on2)cc1Cl. The molecule has 0 aliphatic rings. The molecule has 2 amide bonds. The molecule has 0 radical (unpaired) electrons. The van der Waals surface area contributed by atoms with Gasteiger partial charge >= 0.3 is 12.2 Å². The number of rotatable bonds is 6. The zero-order valence-electron chi connectivity index (χ0n) is 18.1. The normalized spacial score (nSPS) is 10.1. The predicted octanol–water partition coefficient (Wildman–Crippen LogP) is 4.21. The second-order valence-electron chi connectivity index (χ2n) is 7.35. The van der Waals surface area contributed by atoms with Gasteiger partial charge in [-0.05, 0) is 32.9 Å². The molecule has 1 heterocycles. The summed E-state index contributed by atoms with van der Waals surface area (Å²) in [5.74, 6) is 2.98. The van der Waals surface area contributed by atoms with Crippen LogP contribution in [0.15, 0.2) is 28.8 Å². The maximum absolute atomic E-state index is 10.9. The number of nitriles is 1. The lowest BCUT2D eigenvalue weighted by Crippen LogP contribution is -2.32. The average Bonchev–Trinajstić information content (AvgIpc) is 3.16. The van der Waals surface area contributed by atoms with Crippen LogP contribution in [-0.4, -0.2) is 41.1 Å². The maximum Gasteiger partial charge on any atom is 0.407 e. The number of halogens is 1. The first-order valence-corrected chi connectivity index (χ1v) is 9.96. The summed E-state index contributed by atoms with van der Waals surface area (Å²) in [6.07, 6.45) is 4.43. The molecule has 0 atom stereocenters. The molecule has 2 rings (SSSR count). The van der Waals surface area contributed by atoms with Crippen molar-refractivity contribution in [2.75, 3.05) is 13.1 Å². The highest BCUT2D eigenvalue weighted by Crippen LogP contribution is 2.25. The van der Waals surface area contributed by atoms with Crippen molar-refractivity contribution in [2.24, 2.45) is 0 Å². The monoisotopic (exact) mass is 460 g/mol. The largest absolute Gasteiger partial charge is 0.465 e. The number of carbonyl (C=O) groups is 2. The molecule has 2 aromatic rings. The maximum atomic E-state index is 10.9. The Kier molecular flexibility index (Phi) is 10.6. The minimum atomic E-state index is -1.08. The van der Waals surface area contributed by atoms with Crippen LogP contribution in [0, 0.1) is 23.7 Å². The summed E-state index contributed by atoms with van der Waals surface area (Å²) in [5, 5.41) is 26.3. The lowest BCUT2D eigenvalue weighted by Gasteiger charge is -2.19. The van der Waals surface area contributed by atoms with Gasteiger partial charge in [-0.1, -0.05) is 22.8 Å². The van der Waals surface area contributed by atoms with Crippen LogP contribution in [0.3, 0.4) is 0 Å². The first-order valence-electron chi connectivity index (χ1n) is 9.58. The Morgan fingerprint density at radius 2 is 2.00 bits per heavy atom. The van der Waals surface area contributed by atoms with Crippen LogP contribution in [0.1, 0.15) is 38.5 Å². The van der Waals surface area contributed by atoms with Crippen LogP contribution in [0.5, 0.6) is 0 Å². The standard InChI is InChI=1S/C13H10ClN3O3.C9H15NO2/c14-11-5-8(1-2-9(11)7-15)12-6-10(20-17-12)3-4-16-13(18)19;1-5-6-7-10-8(11)12-9(2,3)4/h1-2,5-6,16H,3-4H2,(H,18,19);1H,6-7H2,2-4H3,(H,10,11). The van der Waals surface area contributed by atoms with Crippen LogP contribution in [0.2, 0.25) is 5.02 Å². The molecule has 0 unspecified atom stereocenters. The second-order valence-corrected chi connectivity index (χ2v) is 7.76. The van der Waals surface area contributed by atoms with E-state index in [1.165, 1.54) is 0 Å². The van der Waals surface area contributed by atoms with Crippen molar-refractivity contribution in [1.82, 2.24) is 15.8 Å². The smallest absolute Gasteiger partial charge is 0.407 e. The molecule has 0 spiro atoms. The van der Waals surface area contributed by atoms with Gasteiger partial charge in [0.1, 0.15) is 23.1 Å². The van der Waals surface area contributed by atoms with Gasteiger partial charge in [-0.15, -0.1) is 12.3 Å². The third kappa shape index (κ3) is 10.4. The number of nitrogens with one attached hydrogen (secondary N) is 2. The van der Waals surface area contributed by atoms with Crippen molar-refractivity contribution in [1.29, 1.82) is 5.26 Å². The highest BCUT2D eigenvalue weighted by molar-refractivity contribution is 6.32. The van der Waals surface area contributed by atoms with Crippen LogP contribution >= 0.6 is 11.6 Å². The minimum Gasteiger partial charge on any atom is -0.465 e. The fourth-order valence-electron chi connectivity index (χ4n) is 2.18. The average molecular weight is 461 g/mol. The fraction of sp³-hybridized carbons (Fsp3) is 0.364. The fourth-order valence-corrected chi connectivity index (χ4v) is 2.40. The summed E-state index contributed by atoms with van der Waals surface area (Å²) in [7, 11) is 0. The Hall–Kier alpha value is -3.69. The van der Waals surface area contributed by atoms with Crippen LogP contribution in [-0.2, 0) is 11.2 Å². The summed E-state index contributed by atoms with van der Waals surface area (Å²) in [4.78, 5) is 21.2. The van der Waals surface area contributed by atoms with E-state index in [1.54, 1.807) is 24.3 Å². The van der Waals surface area contributed by atoms with Crippen LogP contribution < -0.4 is 10.6 Å². The van der Waals surface area contributed by atoms with Gasteiger partial charge in [-0.3, -0.25) is 0 Å². The first-order chi connectivity index (χ1) is 15.1. The molecule has 0 aliphatic heterocycles. The molecule has 10 heteroatoms. The molecule has 0 saturated heterocycles. The van der Waals surface area contributed by atoms with E-state index >= 15 is 0 Å². The van der Waals surface area contributed by atoms with E-state index in [9.17, 15) is 9.59 Å². The number of hydrogen-bond donors (Lipinski definition) is 3. The Labute approximate surface area is 191 Å². The number of hydrogen-bond acceptors (Lipinski definition) is 6. The Bertz CT molecular complexity index is 999. The number of carboxylic acid groups (broad SMARTS) is 1. The van der Waals surface area contributed by atoms with Crippen LogP contribution in [0.4, 0.5) is 9.59 Å². The van der Waals surface area contributed by atoms with Gasteiger partial charge in [-0.25, -0.2) is 9.59 Å². The number of amides is 2. The second kappa shape index (κ2) is 12.9. The number of alkyl carbamates (subject to hydrolysis) is 1. The zero-order valence-corrected chi connectivity index (χ0v) is 18.8. The highest BCUT2D eigenvalue weighted by atomic mass is 35.5. The third-order valence-corrected chi connectivity index (χ3v) is 3.84. The number of terminal acetylenes is 1. The lowest BCUT2D eigenvalue weighted by atomic mass is 10.1. The van der Waals surface area contributed by atoms with E-state index in [4.69, 9.17) is 37.7 Å². The predicted molar refractivity (Wildman–Crippen MR) is 119 cm³/mol. The van der Waals surface area contributed by atoms with Crippen molar-refractivity contribution in [3.8, 4) is 29.7 Å². The molecule has 170 valence electrons.